The minimum absolute atomic E-state index is 0.217. The van der Waals surface area contributed by atoms with E-state index >= 15 is 0 Å². The van der Waals surface area contributed by atoms with Gasteiger partial charge in [0.2, 0.25) is 10.0 Å². The molecule has 0 heterocycles. The maximum Gasteiger partial charge on any atom is 0.331 e. The van der Waals surface area contributed by atoms with Crippen molar-refractivity contribution in [1.82, 2.24) is 4.72 Å². The molecule has 0 unspecified atom stereocenters. The van der Waals surface area contributed by atoms with E-state index < -0.39 is 28.1 Å². The van der Waals surface area contributed by atoms with Crippen molar-refractivity contribution in [3.63, 3.8) is 0 Å². The van der Waals surface area contributed by atoms with Gasteiger partial charge in [0.25, 0.3) is 0 Å². The van der Waals surface area contributed by atoms with Crippen molar-refractivity contribution >= 4 is 27.8 Å². The van der Waals surface area contributed by atoms with Crippen molar-refractivity contribution in [3.05, 3.63) is 65.7 Å². The third-order valence-electron chi connectivity index (χ3n) is 5.43. The highest BCUT2D eigenvalue weighted by Gasteiger charge is 2.31. The number of esters is 1. The molecule has 7 heteroatoms. The summed E-state index contributed by atoms with van der Waals surface area (Å²) in [5, 5.41) is 0. The minimum atomic E-state index is -3.68. The molecular weight excluding hydrogens is 412 g/mol. The number of carbonyl (C=O) groups is 1. The molecule has 1 aliphatic carbocycles. The van der Waals surface area contributed by atoms with Crippen molar-refractivity contribution in [3.8, 4) is 0 Å². The first kappa shape index (κ1) is 23.0. The number of nitrogens with one attached hydrogen (secondary N) is 1. The first-order valence-electron chi connectivity index (χ1n) is 10.5. The number of benzene rings is 2. The van der Waals surface area contributed by atoms with Crippen LogP contribution in [0, 0.1) is 6.92 Å². The Morgan fingerprint density at radius 3 is 2.32 bits per heavy atom. The number of ether oxygens (including phenoxy) is 1. The second-order valence-electron chi connectivity index (χ2n) is 8.12. The average Bonchev–Trinajstić information content (AvgIpc) is 2.74. The van der Waals surface area contributed by atoms with Crippen LogP contribution in [0.25, 0.3) is 6.08 Å². The lowest BCUT2D eigenvalue weighted by molar-refractivity contribution is -0.145. The van der Waals surface area contributed by atoms with Gasteiger partial charge in [-0.25, -0.2) is 17.9 Å². The fourth-order valence-corrected chi connectivity index (χ4v) is 4.89. The lowest BCUT2D eigenvalue weighted by atomic mass is 9.93. The third kappa shape index (κ3) is 6.42. The molecule has 31 heavy (non-hydrogen) atoms. The fourth-order valence-electron chi connectivity index (χ4n) is 3.59. The molecule has 0 saturated heterocycles. The molecule has 0 aliphatic heterocycles. The predicted molar refractivity (Wildman–Crippen MR) is 123 cm³/mol. The lowest BCUT2D eigenvalue weighted by Gasteiger charge is -2.31. The molecule has 3 rings (SSSR count). The highest BCUT2D eigenvalue weighted by Crippen LogP contribution is 2.24. The molecule has 166 valence electrons. The number of hydrogen-bond donors (Lipinski definition) is 1. The summed E-state index contributed by atoms with van der Waals surface area (Å²) in [6.45, 7) is 1.91. The summed E-state index contributed by atoms with van der Waals surface area (Å²) < 4.78 is 33.9. The van der Waals surface area contributed by atoms with Crippen LogP contribution in [0.5, 0.6) is 0 Å². The van der Waals surface area contributed by atoms with Gasteiger partial charge in [-0.15, -0.1) is 0 Å². The highest BCUT2D eigenvalue weighted by atomic mass is 32.2. The van der Waals surface area contributed by atoms with Gasteiger partial charge in [-0.2, -0.15) is 0 Å². The van der Waals surface area contributed by atoms with Crippen LogP contribution in [0.1, 0.15) is 36.8 Å². The second-order valence-corrected chi connectivity index (χ2v) is 9.83. The van der Waals surface area contributed by atoms with E-state index in [0.717, 1.165) is 29.7 Å². The van der Waals surface area contributed by atoms with Crippen molar-refractivity contribution in [2.75, 3.05) is 19.0 Å². The number of aryl methyl sites for hydroxylation is 1. The van der Waals surface area contributed by atoms with Gasteiger partial charge in [-0.1, -0.05) is 36.2 Å². The van der Waals surface area contributed by atoms with Crippen LogP contribution in [0.2, 0.25) is 0 Å². The van der Waals surface area contributed by atoms with E-state index in [1.165, 1.54) is 6.08 Å². The second kappa shape index (κ2) is 10.1. The minimum Gasteiger partial charge on any atom is -0.458 e. The van der Waals surface area contributed by atoms with E-state index in [1.54, 1.807) is 30.3 Å². The molecule has 0 radical (unpaired) electrons. The number of sulfonamides is 1. The Balaban J connectivity index is 1.63. The zero-order valence-electron chi connectivity index (χ0n) is 18.2. The quantitative estimate of drug-likeness (QED) is 0.520. The van der Waals surface area contributed by atoms with Crippen molar-refractivity contribution in [2.24, 2.45) is 0 Å². The largest absolute Gasteiger partial charge is 0.458 e. The molecule has 1 N–H and O–H groups in total. The van der Waals surface area contributed by atoms with Crippen molar-refractivity contribution in [1.29, 1.82) is 0 Å². The summed E-state index contributed by atoms with van der Waals surface area (Å²) >= 11 is 0. The number of rotatable bonds is 7. The maximum atomic E-state index is 12.8. The van der Waals surface area contributed by atoms with Gasteiger partial charge in [-0.05, 0) is 62.1 Å². The monoisotopic (exact) mass is 442 g/mol. The number of carbonyl (C=O) groups excluding carboxylic acids is 1. The Morgan fingerprint density at radius 2 is 1.68 bits per heavy atom. The molecule has 2 atom stereocenters. The number of hydrogen-bond acceptors (Lipinski definition) is 5. The molecule has 2 aromatic carbocycles. The van der Waals surface area contributed by atoms with Gasteiger partial charge in [0.05, 0.1) is 10.9 Å². The molecule has 1 saturated carbocycles. The van der Waals surface area contributed by atoms with Gasteiger partial charge < -0.3 is 9.64 Å². The van der Waals surface area contributed by atoms with Crippen molar-refractivity contribution in [2.45, 2.75) is 49.6 Å². The summed E-state index contributed by atoms with van der Waals surface area (Å²) in [5.41, 5.74) is 2.96. The number of nitrogens with zero attached hydrogens (tertiary/aromatic N) is 1. The van der Waals surface area contributed by atoms with Crippen LogP contribution in [-0.4, -0.2) is 40.6 Å². The average molecular weight is 443 g/mol. The van der Waals surface area contributed by atoms with Crippen LogP contribution in [0.3, 0.4) is 0 Å². The first-order chi connectivity index (χ1) is 14.7. The fraction of sp³-hybridized carbons (Fsp3) is 0.375. The van der Waals surface area contributed by atoms with Crippen LogP contribution < -0.4 is 9.62 Å². The third-order valence-corrected chi connectivity index (χ3v) is 6.94. The molecule has 6 nitrogen and oxygen atoms in total. The van der Waals surface area contributed by atoms with Gasteiger partial charge >= 0.3 is 5.97 Å². The maximum absolute atomic E-state index is 12.8. The zero-order valence-corrected chi connectivity index (χ0v) is 19.1. The van der Waals surface area contributed by atoms with E-state index in [1.807, 2.05) is 50.2 Å². The first-order valence-corrected chi connectivity index (χ1v) is 12.0. The Kier molecular flexibility index (Phi) is 7.51. The zero-order chi connectivity index (χ0) is 22.4. The van der Waals surface area contributed by atoms with Gasteiger partial charge in [0.15, 0.2) is 0 Å². The Bertz CT molecular complexity index is 1010. The SMILES string of the molecule is Cc1ccc(S(=O)(=O)N[C@@H]2CCCC[C@H]2OC(=O)/C=C/c2ccc(N(C)C)cc2)cc1. The summed E-state index contributed by atoms with van der Waals surface area (Å²) in [5.74, 6) is -0.469. The summed E-state index contributed by atoms with van der Waals surface area (Å²) in [6, 6.07) is 14.1. The molecule has 0 bridgehead atoms. The summed E-state index contributed by atoms with van der Waals surface area (Å²) in [6.07, 6.45) is 5.68. The highest BCUT2D eigenvalue weighted by molar-refractivity contribution is 7.89. The topological polar surface area (TPSA) is 75.7 Å². The Hall–Kier alpha value is -2.64. The van der Waals surface area contributed by atoms with E-state index in [-0.39, 0.29) is 4.90 Å². The van der Waals surface area contributed by atoms with E-state index in [2.05, 4.69) is 4.72 Å². The van der Waals surface area contributed by atoms with Gasteiger partial charge in [0, 0.05) is 25.9 Å². The number of anilines is 1. The predicted octanol–water partition coefficient (Wildman–Crippen LogP) is 3.91. The molecule has 0 amide bonds. The molecule has 2 aromatic rings. The van der Waals surface area contributed by atoms with Crippen LogP contribution >= 0.6 is 0 Å². The summed E-state index contributed by atoms with van der Waals surface area (Å²) in [7, 11) is 0.261. The molecular formula is C24H30N2O4S. The smallest absolute Gasteiger partial charge is 0.331 e. The normalized spacial score (nSPS) is 19.3. The van der Waals surface area contributed by atoms with E-state index in [0.29, 0.717) is 12.8 Å². The Morgan fingerprint density at radius 1 is 1.03 bits per heavy atom. The van der Waals surface area contributed by atoms with Crippen LogP contribution in [0.4, 0.5) is 5.69 Å². The van der Waals surface area contributed by atoms with Crippen molar-refractivity contribution < 1.29 is 17.9 Å². The molecule has 0 aromatic heterocycles. The van der Waals surface area contributed by atoms with Crippen LogP contribution in [-0.2, 0) is 19.6 Å². The van der Waals surface area contributed by atoms with Gasteiger partial charge in [0.1, 0.15) is 6.10 Å². The lowest BCUT2D eigenvalue weighted by Crippen LogP contribution is -2.46. The molecule has 0 spiro atoms. The molecule has 1 aliphatic rings. The summed E-state index contributed by atoms with van der Waals surface area (Å²) in [4.78, 5) is 14.6. The van der Waals surface area contributed by atoms with E-state index in [9.17, 15) is 13.2 Å². The Labute approximate surface area is 185 Å². The van der Waals surface area contributed by atoms with E-state index in [4.69, 9.17) is 4.74 Å². The standard InChI is InChI=1S/C24H30N2O4S/c1-18-8-15-21(16-9-18)31(28,29)25-22-6-4-5-7-23(22)30-24(27)17-12-19-10-13-20(14-11-19)26(2)3/h8-17,22-23,25H,4-7H2,1-3H3/b17-12+/t22-,23-/m1/s1. The van der Waals surface area contributed by atoms with Gasteiger partial charge in [-0.3, -0.25) is 0 Å². The molecule has 1 fully saturated rings. The van der Waals surface area contributed by atoms with Crippen LogP contribution in [0.15, 0.2) is 59.5 Å².